The number of hydrogen-bond acceptors (Lipinski definition) is 3. The first-order valence-corrected chi connectivity index (χ1v) is 6.56. The number of aromatic nitrogens is 1. The lowest BCUT2D eigenvalue weighted by molar-refractivity contribution is 0.449. The molecule has 3 heteroatoms. The van der Waals surface area contributed by atoms with Crippen LogP contribution in [0.15, 0.2) is 41.1 Å². The van der Waals surface area contributed by atoms with E-state index in [1.54, 1.807) is 6.26 Å². The summed E-state index contributed by atoms with van der Waals surface area (Å²) in [6.07, 6.45) is 7.69. The number of hydrogen-bond donors (Lipinski definition) is 1. The minimum absolute atomic E-state index is 0.172. The number of nitrogens with two attached hydrogens (primary N) is 1. The lowest BCUT2D eigenvalue weighted by atomic mass is 9.93. The Morgan fingerprint density at radius 3 is 3.17 bits per heavy atom. The summed E-state index contributed by atoms with van der Waals surface area (Å²) in [5.74, 6) is 1.43. The molecule has 3 rings (SSSR count). The maximum absolute atomic E-state index is 6.33. The third-order valence-corrected chi connectivity index (χ3v) is 3.82. The smallest absolute Gasteiger partial charge is 0.103 e. The molecule has 2 unspecified atom stereocenters. The van der Waals surface area contributed by atoms with Crippen LogP contribution in [-0.4, -0.2) is 11.0 Å². The van der Waals surface area contributed by atoms with Crippen LogP contribution in [0.1, 0.15) is 35.8 Å². The summed E-state index contributed by atoms with van der Waals surface area (Å²) >= 11 is 0. The molecule has 18 heavy (non-hydrogen) atoms. The van der Waals surface area contributed by atoms with E-state index in [9.17, 15) is 0 Å². The second-order valence-electron chi connectivity index (χ2n) is 4.97. The molecule has 0 saturated carbocycles. The first-order chi connectivity index (χ1) is 8.84. The minimum Gasteiger partial charge on any atom is -0.469 e. The number of pyridine rings is 1. The second kappa shape index (κ2) is 4.94. The molecule has 0 aliphatic heterocycles. The molecule has 0 saturated heterocycles. The third kappa shape index (κ3) is 2.18. The Kier molecular flexibility index (Phi) is 3.15. The Morgan fingerprint density at radius 1 is 1.39 bits per heavy atom. The van der Waals surface area contributed by atoms with Crippen LogP contribution in [0.4, 0.5) is 0 Å². The molecular weight excluding hydrogens is 224 g/mol. The highest BCUT2D eigenvalue weighted by atomic mass is 16.3. The Bertz CT molecular complexity index is 507. The average Bonchev–Trinajstić information content (AvgIpc) is 3.05. The number of rotatable bonds is 4. The van der Waals surface area contributed by atoms with E-state index in [1.165, 1.54) is 11.3 Å². The molecule has 2 N–H and O–H groups in total. The predicted molar refractivity (Wildman–Crippen MR) is 70.3 cm³/mol. The highest BCUT2D eigenvalue weighted by Crippen LogP contribution is 2.34. The molecule has 0 bridgehead atoms. The lowest BCUT2D eigenvalue weighted by Crippen LogP contribution is -2.28. The molecule has 0 spiro atoms. The second-order valence-corrected chi connectivity index (χ2v) is 4.97. The quantitative estimate of drug-likeness (QED) is 0.896. The summed E-state index contributed by atoms with van der Waals surface area (Å²) in [6, 6.07) is 8.28. The largest absolute Gasteiger partial charge is 0.469 e. The van der Waals surface area contributed by atoms with Crippen LogP contribution in [0.2, 0.25) is 0 Å². The molecule has 0 amide bonds. The van der Waals surface area contributed by atoms with Gasteiger partial charge in [0.25, 0.3) is 0 Å². The van der Waals surface area contributed by atoms with Crippen molar-refractivity contribution in [2.45, 2.75) is 37.6 Å². The summed E-state index contributed by atoms with van der Waals surface area (Å²) in [5, 5.41) is 0. The van der Waals surface area contributed by atoms with Crippen molar-refractivity contribution >= 4 is 0 Å². The van der Waals surface area contributed by atoms with Gasteiger partial charge in [-0.15, -0.1) is 0 Å². The predicted octanol–water partition coefficient (Wildman–Crippen LogP) is 2.66. The van der Waals surface area contributed by atoms with E-state index in [0.717, 1.165) is 31.4 Å². The number of aryl methyl sites for hydroxylation is 2. The van der Waals surface area contributed by atoms with Crippen molar-refractivity contribution in [3.63, 3.8) is 0 Å². The van der Waals surface area contributed by atoms with Gasteiger partial charge in [0, 0.05) is 30.3 Å². The van der Waals surface area contributed by atoms with E-state index >= 15 is 0 Å². The van der Waals surface area contributed by atoms with Crippen molar-refractivity contribution in [3.8, 4) is 0 Å². The van der Waals surface area contributed by atoms with Crippen molar-refractivity contribution in [1.82, 2.24) is 4.98 Å². The maximum Gasteiger partial charge on any atom is 0.103 e. The molecule has 0 radical (unpaired) electrons. The fraction of sp³-hybridized carbons (Fsp3) is 0.400. The summed E-state index contributed by atoms with van der Waals surface area (Å²) in [6.45, 7) is 0. The lowest BCUT2D eigenvalue weighted by Gasteiger charge is -2.18. The van der Waals surface area contributed by atoms with Crippen LogP contribution >= 0.6 is 0 Å². The zero-order valence-electron chi connectivity index (χ0n) is 10.4. The van der Waals surface area contributed by atoms with Gasteiger partial charge in [0.2, 0.25) is 0 Å². The highest BCUT2D eigenvalue weighted by molar-refractivity contribution is 5.29. The number of nitrogens with zero attached hydrogens (tertiary/aromatic N) is 1. The van der Waals surface area contributed by atoms with Gasteiger partial charge in [-0.1, -0.05) is 6.07 Å². The van der Waals surface area contributed by atoms with Crippen LogP contribution in [-0.2, 0) is 12.8 Å². The molecule has 2 heterocycles. The minimum atomic E-state index is 0.172. The van der Waals surface area contributed by atoms with E-state index in [4.69, 9.17) is 10.2 Å². The summed E-state index contributed by atoms with van der Waals surface area (Å²) in [5.41, 5.74) is 8.91. The van der Waals surface area contributed by atoms with E-state index in [-0.39, 0.29) is 6.04 Å². The standard InChI is InChI=1S/C15H18N2O/c16-14(8-6-12-4-2-10-18-12)13-7-5-11-3-1-9-17-15(11)13/h1-4,9-10,13-14H,5-8,16H2. The SMILES string of the molecule is NC(CCc1ccco1)C1CCc2cccnc21. The van der Waals surface area contributed by atoms with Crippen LogP contribution < -0.4 is 5.73 Å². The number of fused-ring (bicyclic) bond motifs is 1. The van der Waals surface area contributed by atoms with Gasteiger partial charge in [-0.25, -0.2) is 0 Å². The summed E-state index contributed by atoms with van der Waals surface area (Å²) in [4.78, 5) is 4.50. The molecular formula is C15H18N2O. The van der Waals surface area contributed by atoms with Gasteiger partial charge in [0.1, 0.15) is 5.76 Å². The van der Waals surface area contributed by atoms with Gasteiger partial charge in [-0.05, 0) is 43.0 Å². The van der Waals surface area contributed by atoms with Crippen molar-refractivity contribution in [1.29, 1.82) is 0 Å². The molecule has 3 nitrogen and oxygen atoms in total. The van der Waals surface area contributed by atoms with E-state index in [0.29, 0.717) is 5.92 Å². The normalized spacial score (nSPS) is 19.7. The van der Waals surface area contributed by atoms with Gasteiger partial charge in [0.15, 0.2) is 0 Å². The van der Waals surface area contributed by atoms with E-state index in [2.05, 4.69) is 11.1 Å². The Labute approximate surface area is 107 Å². The third-order valence-electron chi connectivity index (χ3n) is 3.82. The fourth-order valence-corrected chi connectivity index (χ4v) is 2.83. The molecule has 2 aromatic heterocycles. The Hall–Kier alpha value is -1.61. The van der Waals surface area contributed by atoms with E-state index in [1.807, 2.05) is 24.4 Å². The van der Waals surface area contributed by atoms with Gasteiger partial charge >= 0.3 is 0 Å². The van der Waals surface area contributed by atoms with E-state index < -0.39 is 0 Å². The molecule has 1 aliphatic carbocycles. The Morgan fingerprint density at radius 2 is 2.33 bits per heavy atom. The molecule has 0 fully saturated rings. The van der Waals surface area contributed by atoms with Gasteiger partial charge in [-0.3, -0.25) is 4.98 Å². The van der Waals surface area contributed by atoms with Crippen molar-refractivity contribution in [2.24, 2.45) is 5.73 Å². The first-order valence-electron chi connectivity index (χ1n) is 6.56. The maximum atomic E-state index is 6.33. The van der Waals surface area contributed by atoms with Crippen molar-refractivity contribution < 1.29 is 4.42 Å². The van der Waals surface area contributed by atoms with Gasteiger partial charge < -0.3 is 10.2 Å². The van der Waals surface area contributed by atoms with Gasteiger partial charge in [0.05, 0.1) is 6.26 Å². The average molecular weight is 242 g/mol. The van der Waals surface area contributed by atoms with Crippen LogP contribution in [0.3, 0.4) is 0 Å². The molecule has 2 atom stereocenters. The zero-order chi connectivity index (χ0) is 12.4. The summed E-state index contributed by atoms with van der Waals surface area (Å²) in [7, 11) is 0. The first kappa shape index (κ1) is 11.5. The molecule has 2 aromatic rings. The van der Waals surface area contributed by atoms with Gasteiger partial charge in [-0.2, -0.15) is 0 Å². The number of furan rings is 1. The molecule has 1 aliphatic rings. The zero-order valence-corrected chi connectivity index (χ0v) is 10.4. The fourth-order valence-electron chi connectivity index (χ4n) is 2.83. The highest BCUT2D eigenvalue weighted by Gasteiger charge is 2.28. The van der Waals surface area contributed by atoms with Crippen LogP contribution in [0.25, 0.3) is 0 Å². The van der Waals surface area contributed by atoms with Crippen LogP contribution in [0.5, 0.6) is 0 Å². The van der Waals surface area contributed by atoms with Crippen molar-refractivity contribution in [2.75, 3.05) is 0 Å². The van der Waals surface area contributed by atoms with Crippen molar-refractivity contribution in [3.05, 3.63) is 53.7 Å². The molecule has 0 aromatic carbocycles. The van der Waals surface area contributed by atoms with Crippen LogP contribution in [0, 0.1) is 0 Å². The monoisotopic (exact) mass is 242 g/mol. The topological polar surface area (TPSA) is 52.0 Å². The molecule has 94 valence electrons. The Balaban J connectivity index is 1.65. The summed E-state index contributed by atoms with van der Waals surface area (Å²) < 4.78 is 5.34.